The lowest BCUT2D eigenvalue weighted by Gasteiger charge is -2.06. The third-order valence-electron chi connectivity index (χ3n) is 5.60. The van der Waals surface area contributed by atoms with Gasteiger partial charge in [-0.25, -0.2) is 32.2 Å². The number of carbonyl (C=O) groups excluding carboxylic acids is 1. The van der Waals surface area contributed by atoms with Gasteiger partial charge in [-0.1, -0.05) is 6.07 Å². The van der Waals surface area contributed by atoms with Crippen molar-refractivity contribution in [3.8, 4) is 22.4 Å². The van der Waals surface area contributed by atoms with Crippen LogP contribution >= 0.6 is 0 Å². The third kappa shape index (κ3) is 4.70. The summed E-state index contributed by atoms with van der Waals surface area (Å²) >= 11 is 0. The van der Waals surface area contributed by atoms with Gasteiger partial charge in [-0.2, -0.15) is 0 Å². The van der Waals surface area contributed by atoms with Crippen LogP contribution in [0.25, 0.3) is 28.2 Å². The van der Waals surface area contributed by atoms with E-state index < -0.39 is 27.4 Å². The van der Waals surface area contributed by atoms with Crippen molar-refractivity contribution >= 4 is 27.2 Å². The molecule has 5 aromatic rings. The first-order valence-electron chi connectivity index (χ1n) is 10.9. The van der Waals surface area contributed by atoms with Gasteiger partial charge in [0.1, 0.15) is 11.6 Å². The van der Waals surface area contributed by atoms with Crippen molar-refractivity contribution in [1.82, 2.24) is 19.4 Å². The molecule has 0 spiro atoms. The number of halogens is 2. The zero-order valence-electron chi connectivity index (χ0n) is 19.8. The Kier molecular flexibility index (Phi) is 5.83. The number of anilines is 1. The summed E-state index contributed by atoms with van der Waals surface area (Å²) in [6, 6.07) is 7.66. The summed E-state index contributed by atoms with van der Waals surface area (Å²) in [5.74, 6) is -1.18. The Morgan fingerprint density at radius 2 is 1.78 bits per heavy atom. The summed E-state index contributed by atoms with van der Waals surface area (Å²) < 4.78 is 59.6. The molecule has 37 heavy (non-hydrogen) atoms. The minimum absolute atomic E-state index is 0.0598. The van der Waals surface area contributed by atoms with E-state index in [9.17, 15) is 22.0 Å². The largest absolute Gasteiger partial charge is 0.436 e. The fraction of sp³-hybridized carbons (Fsp3) is 0.120. The van der Waals surface area contributed by atoms with E-state index in [1.807, 2.05) is 0 Å². The van der Waals surface area contributed by atoms with Gasteiger partial charge in [-0.05, 0) is 37.3 Å². The number of hydrogen-bond donors (Lipinski definition) is 1. The molecule has 9 nitrogen and oxygen atoms in total. The van der Waals surface area contributed by atoms with Crippen molar-refractivity contribution in [3.63, 3.8) is 0 Å². The van der Waals surface area contributed by atoms with Crippen LogP contribution in [0.15, 0.2) is 64.3 Å². The molecule has 1 N–H and O–H groups in total. The minimum atomic E-state index is -3.56. The van der Waals surface area contributed by atoms with Crippen molar-refractivity contribution in [1.29, 1.82) is 0 Å². The van der Waals surface area contributed by atoms with E-state index in [0.717, 1.165) is 12.3 Å². The monoisotopic (exact) mass is 523 g/mol. The number of benzene rings is 2. The number of nitrogens with one attached hydrogen (secondary N) is 1. The number of hydrogen-bond acceptors (Lipinski definition) is 7. The number of aryl methyl sites for hydroxylation is 2. The van der Waals surface area contributed by atoms with Crippen molar-refractivity contribution in [2.45, 2.75) is 18.7 Å². The molecule has 0 saturated heterocycles. The van der Waals surface area contributed by atoms with Crippen molar-refractivity contribution < 1.29 is 26.4 Å². The number of sulfone groups is 1. The van der Waals surface area contributed by atoms with E-state index in [2.05, 4.69) is 20.3 Å². The summed E-state index contributed by atoms with van der Waals surface area (Å²) in [5.41, 5.74) is 1.60. The highest BCUT2D eigenvalue weighted by molar-refractivity contribution is 7.90. The quantitative estimate of drug-likeness (QED) is 0.357. The average Bonchev–Trinajstić information content (AvgIpc) is 3.41. The molecule has 3 heterocycles. The van der Waals surface area contributed by atoms with Gasteiger partial charge < -0.3 is 9.73 Å². The second-order valence-corrected chi connectivity index (χ2v) is 10.4. The zero-order valence-corrected chi connectivity index (χ0v) is 20.6. The van der Waals surface area contributed by atoms with Gasteiger partial charge in [0.05, 0.1) is 16.3 Å². The average molecular weight is 524 g/mol. The summed E-state index contributed by atoms with van der Waals surface area (Å²) in [4.78, 5) is 25.1. The molecule has 0 saturated carbocycles. The molecular weight excluding hydrogens is 504 g/mol. The molecule has 0 fully saturated rings. The topological polar surface area (TPSA) is 119 Å². The van der Waals surface area contributed by atoms with Crippen LogP contribution in [0, 0.1) is 25.5 Å². The van der Waals surface area contributed by atoms with Gasteiger partial charge in [-0.15, -0.1) is 0 Å². The first kappa shape index (κ1) is 24.3. The van der Waals surface area contributed by atoms with Crippen molar-refractivity contribution in [2.24, 2.45) is 0 Å². The maximum Gasteiger partial charge on any atom is 0.293 e. The molecule has 1 amide bonds. The highest BCUT2D eigenvalue weighted by Crippen LogP contribution is 2.28. The number of amides is 1. The Balaban J connectivity index is 1.47. The van der Waals surface area contributed by atoms with Crippen LogP contribution in [0.4, 0.5) is 14.5 Å². The lowest BCUT2D eigenvalue weighted by atomic mass is 10.1. The number of carbonyl (C=O) groups is 1. The SMILES string of the molecule is Cc1nc(C)c(C(=O)Nc2ccc(F)c(-c3cn4cc(-c5ccc(S(C)(=O)=O)cc5F)cnc4n3)c2)o1. The minimum Gasteiger partial charge on any atom is -0.436 e. The van der Waals surface area contributed by atoms with E-state index >= 15 is 0 Å². The van der Waals surface area contributed by atoms with Crippen molar-refractivity contribution in [2.75, 3.05) is 11.6 Å². The molecule has 5 rings (SSSR count). The first-order valence-corrected chi connectivity index (χ1v) is 12.8. The number of fused-ring (bicyclic) bond motifs is 1. The fourth-order valence-electron chi connectivity index (χ4n) is 3.84. The summed E-state index contributed by atoms with van der Waals surface area (Å²) in [6.07, 6.45) is 5.45. The molecule has 188 valence electrons. The Morgan fingerprint density at radius 1 is 1.00 bits per heavy atom. The lowest BCUT2D eigenvalue weighted by molar-refractivity contribution is 0.0994. The molecule has 0 atom stereocenters. The van der Waals surface area contributed by atoms with E-state index in [0.29, 0.717) is 22.8 Å². The smallest absolute Gasteiger partial charge is 0.293 e. The van der Waals surface area contributed by atoms with E-state index in [1.54, 1.807) is 20.0 Å². The Hall–Kier alpha value is -4.45. The first-order chi connectivity index (χ1) is 17.5. The lowest BCUT2D eigenvalue weighted by Crippen LogP contribution is -2.12. The molecule has 2 aromatic carbocycles. The molecule has 0 unspecified atom stereocenters. The Morgan fingerprint density at radius 3 is 2.46 bits per heavy atom. The summed E-state index contributed by atoms with van der Waals surface area (Å²) in [7, 11) is -3.56. The Labute approximate surface area is 209 Å². The van der Waals surface area contributed by atoms with Crippen LogP contribution in [-0.2, 0) is 9.84 Å². The second-order valence-electron chi connectivity index (χ2n) is 8.39. The zero-order chi connectivity index (χ0) is 26.5. The highest BCUT2D eigenvalue weighted by Gasteiger charge is 2.18. The predicted octanol–water partition coefficient (Wildman–Crippen LogP) is 4.60. The second kappa shape index (κ2) is 8.89. The maximum absolute atomic E-state index is 14.7. The number of imidazole rings is 1. The standard InChI is InChI=1S/C25H19F2N5O4S/c1-13-23(36-14(2)29-13)24(33)30-16-4-7-20(26)19(8-16)22-12-32-11-15(10-28-25(32)31-22)18-6-5-17(9-21(18)27)37(3,34)35/h4-12H,1-3H3,(H,30,33). The number of nitrogens with zero attached hydrogens (tertiary/aromatic N) is 4. The molecular formula is C25H19F2N5O4S. The van der Waals surface area contributed by atoms with E-state index in [4.69, 9.17) is 4.42 Å². The van der Waals surface area contributed by atoms with E-state index in [-0.39, 0.29) is 33.3 Å². The van der Waals surface area contributed by atoms with Crippen LogP contribution in [0.5, 0.6) is 0 Å². The van der Waals surface area contributed by atoms with Crippen LogP contribution in [-0.4, -0.2) is 39.9 Å². The van der Waals surface area contributed by atoms with Gasteiger partial charge in [0.15, 0.2) is 15.7 Å². The predicted molar refractivity (Wildman–Crippen MR) is 131 cm³/mol. The molecule has 3 aromatic heterocycles. The summed E-state index contributed by atoms with van der Waals surface area (Å²) in [5, 5.41) is 2.66. The van der Waals surface area contributed by atoms with Crippen LogP contribution in [0.3, 0.4) is 0 Å². The van der Waals surface area contributed by atoms with E-state index in [1.165, 1.54) is 47.1 Å². The fourth-order valence-corrected chi connectivity index (χ4v) is 4.48. The van der Waals surface area contributed by atoms with Crippen LogP contribution < -0.4 is 5.32 Å². The molecule has 0 aliphatic rings. The van der Waals surface area contributed by atoms with Gasteiger partial charge in [0, 0.05) is 54.1 Å². The molecule has 0 radical (unpaired) electrons. The van der Waals surface area contributed by atoms with Crippen LogP contribution in [0.2, 0.25) is 0 Å². The van der Waals surface area contributed by atoms with Gasteiger partial charge in [0.25, 0.3) is 5.91 Å². The van der Waals surface area contributed by atoms with Gasteiger partial charge >= 0.3 is 0 Å². The van der Waals surface area contributed by atoms with Crippen LogP contribution in [0.1, 0.15) is 22.1 Å². The molecule has 0 aliphatic heterocycles. The Bertz CT molecular complexity index is 1810. The number of rotatable bonds is 5. The molecule has 12 heteroatoms. The van der Waals surface area contributed by atoms with Gasteiger partial charge in [0.2, 0.25) is 11.5 Å². The highest BCUT2D eigenvalue weighted by atomic mass is 32.2. The number of aromatic nitrogens is 4. The van der Waals surface area contributed by atoms with Crippen molar-refractivity contribution in [3.05, 3.63) is 84.0 Å². The summed E-state index contributed by atoms with van der Waals surface area (Å²) in [6.45, 7) is 3.27. The number of oxazole rings is 1. The maximum atomic E-state index is 14.7. The molecule has 0 aliphatic carbocycles. The molecule has 0 bridgehead atoms. The van der Waals surface area contributed by atoms with Gasteiger partial charge in [-0.3, -0.25) is 9.20 Å². The third-order valence-corrected chi connectivity index (χ3v) is 6.71. The normalized spacial score (nSPS) is 11.7.